The van der Waals surface area contributed by atoms with Gasteiger partial charge in [0, 0.05) is 29.1 Å². The second-order valence-corrected chi connectivity index (χ2v) is 12.7. The Kier molecular flexibility index (Phi) is 11.0. The van der Waals surface area contributed by atoms with Gasteiger partial charge in [-0.3, -0.25) is 13.9 Å². The topological polar surface area (TPSA) is 86.8 Å². The van der Waals surface area contributed by atoms with Crippen molar-refractivity contribution in [2.24, 2.45) is 0 Å². The average molecular weight is 605 g/mol. The molecule has 0 aliphatic carbocycles. The van der Waals surface area contributed by atoms with E-state index in [-0.39, 0.29) is 24.9 Å². The fourth-order valence-electron chi connectivity index (χ4n) is 4.32. The number of hydrogen-bond acceptors (Lipinski definition) is 4. The molecule has 0 heterocycles. The summed E-state index contributed by atoms with van der Waals surface area (Å²) in [6.07, 6.45) is 2.00. The van der Waals surface area contributed by atoms with Crippen LogP contribution in [0, 0.1) is 6.92 Å². The molecule has 2 atom stereocenters. The molecule has 3 rings (SSSR count). The molecule has 214 valence electrons. The molecule has 1 N–H and O–H groups in total. The summed E-state index contributed by atoms with van der Waals surface area (Å²) >= 11 is 12.3. The zero-order chi connectivity index (χ0) is 29.4. The lowest BCUT2D eigenvalue weighted by atomic mass is 10.0. The largest absolute Gasteiger partial charge is 0.352 e. The van der Waals surface area contributed by atoms with Crippen LogP contribution in [0.2, 0.25) is 10.0 Å². The monoisotopic (exact) mass is 603 g/mol. The van der Waals surface area contributed by atoms with Crippen molar-refractivity contribution in [2.75, 3.05) is 17.1 Å². The molecule has 0 fully saturated rings. The van der Waals surface area contributed by atoms with Crippen LogP contribution in [-0.4, -0.2) is 50.0 Å². The molecule has 0 aliphatic heterocycles. The number of halogens is 2. The zero-order valence-corrected chi connectivity index (χ0v) is 25.4. The first-order valence-electron chi connectivity index (χ1n) is 13.0. The SMILES string of the molecule is CC[C@H](C)NC(=O)[C@@H](Cc1ccccc1)N(Cc1cccc(Cl)c1)C(=O)CN(c1ccc(Cl)cc1C)S(C)(=O)=O. The summed E-state index contributed by atoms with van der Waals surface area (Å²) in [5.74, 6) is -0.845. The molecule has 7 nitrogen and oxygen atoms in total. The van der Waals surface area contributed by atoms with Gasteiger partial charge in [0.2, 0.25) is 21.8 Å². The Morgan fingerprint density at radius 1 is 0.925 bits per heavy atom. The minimum atomic E-state index is -3.87. The van der Waals surface area contributed by atoms with Gasteiger partial charge in [-0.05, 0) is 67.3 Å². The molecular formula is C30H35Cl2N3O4S. The van der Waals surface area contributed by atoms with Crippen LogP contribution in [0.5, 0.6) is 0 Å². The van der Waals surface area contributed by atoms with E-state index in [1.54, 1.807) is 43.3 Å². The van der Waals surface area contributed by atoms with E-state index < -0.39 is 28.5 Å². The third kappa shape index (κ3) is 8.71. The normalized spacial score (nSPS) is 12.8. The number of nitrogens with one attached hydrogen (secondary N) is 1. The van der Waals surface area contributed by atoms with Crippen molar-refractivity contribution >= 4 is 50.7 Å². The van der Waals surface area contributed by atoms with Gasteiger partial charge in [0.15, 0.2) is 0 Å². The summed E-state index contributed by atoms with van der Waals surface area (Å²) in [6.45, 7) is 5.15. The maximum Gasteiger partial charge on any atom is 0.244 e. The highest BCUT2D eigenvalue weighted by molar-refractivity contribution is 7.92. The van der Waals surface area contributed by atoms with Crippen molar-refractivity contribution in [3.63, 3.8) is 0 Å². The van der Waals surface area contributed by atoms with E-state index in [2.05, 4.69) is 5.32 Å². The minimum absolute atomic E-state index is 0.0576. The molecule has 0 bridgehead atoms. The first-order valence-corrected chi connectivity index (χ1v) is 15.6. The predicted octanol–water partition coefficient (Wildman–Crippen LogP) is 5.62. The number of sulfonamides is 1. The third-order valence-electron chi connectivity index (χ3n) is 6.62. The van der Waals surface area contributed by atoms with Crippen LogP contribution < -0.4 is 9.62 Å². The minimum Gasteiger partial charge on any atom is -0.352 e. The Labute approximate surface area is 247 Å². The predicted molar refractivity (Wildman–Crippen MR) is 162 cm³/mol. The van der Waals surface area contributed by atoms with E-state index in [4.69, 9.17) is 23.2 Å². The van der Waals surface area contributed by atoms with E-state index in [0.29, 0.717) is 33.3 Å². The molecule has 2 amide bonds. The molecule has 0 aliphatic rings. The molecule has 0 unspecified atom stereocenters. The van der Waals surface area contributed by atoms with Crippen molar-refractivity contribution in [3.8, 4) is 0 Å². The van der Waals surface area contributed by atoms with Gasteiger partial charge in [-0.25, -0.2) is 8.42 Å². The second-order valence-electron chi connectivity index (χ2n) is 9.88. The molecule has 0 saturated heterocycles. The fraction of sp³-hybridized carbons (Fsp3) is 0.333. The Morgan fingerprint density at radius 2 is 1.57 bits per heavy atom. The number of amides is 2. The van der Waals surface area contributed by atoms with E-state index in [1.807, 2.05) is 50.2 Å². The van der Waals surface area contributed by atoms with E-state index in [0.717, 1.165) is 16.1 Å². The Hall–Kier alpha value is -3.07. The van der Waals surface area contributed by atoms with Crippen LogP contribution in [0.25, 0.3) is 0 Å². The average Bonchev–Trinajstić information content (AvgIpc) is 2.89. The van der Waals surface area contributed by atoms with Crippen molar-refractivity contribution in [2.45, 2.75) is 52.2 Å². The van der Waals surface area contributed by atoms with Crippen LogP contribution in [0.3, 0.4) is 0 Å². The number of carbonyl (C=O) groups excluding carboxylic acids is 2. The summed E-state index contributed by atoms with van der Waals surface area (Å²) in [5, 5.41) is 3.95. The quantitative estimate of drug-likeness (QED) is 0.291. The van der Waals surface area contributed by atoms with Crippen molar-refractivity contribution in [1.29, 1.82) is 0 Å². The molecule has 10 heteroatoms. The highest BCUT2D eigenvalue weighted by Gasteiger charge is 2.33. The Bertz CT molecular complexity index is 1430. The van der Waals surface area contributed by atoms with Gasteiger partial charge >= 0.3 is 0 Å². The van der Waals surface area contributed by atoms with Gasteiger partial charge in [-0.1, -0.05) is 72.6 Å². The van der Waals surface area contributed by atoms with E-state index in [9.17, 15) is 18.0 Å². The molecule has 0 aromatic heterocycles. The smallest absolute Gasteiger partial charge is 0.244 e. The summed E-state index contributed by atoms with van der Waals surface area (Å²) in [7, 11) is -3.87. The van der Waals surface area contributed by atoms with Gasteiger partial charge in [-0.2, -0.15) is 0 Å². The number of nitrogens with zero attached hydrogens (tertiary/aromatic N) is 2. The van der Waals surface area contributed by atoms with Crippen molar-refractivity contribution in [3.05, 3.63) is 99.5 Å². The van der Waals surface area contributed by atoms with Gasteiger partial charge in [0.05, 0.1) is 11.9 Å². The molecule has 3 aromatic carbocycles. The van der Waals surface area contributed by atoms with Gasteiger partial charge in [0.25, 0.3) is 0 Å². The van der Waals surface area contributed by atoms with Crippen LogP contribution in [0.15, 0.2) is 72.8 Å². The van der Waals surface area contributed by atoms with Crippen LogP contribution in [0.4, 0.5) is 5.69 Å². The van der Waals surface area contributed by atoms with Crippen LogP contribution in [0.1, 0.15) is 37.0 Å². The Morgan fingerprint density at radius 3 is 2.17 bits per heavy atom. The summed E-state index contributed by atoms with van der Waals surface area (Å²) < 4.78 is 26.9. The number of anilines is 1. The molecule has 0 saturated carbocycles. The van der Waals surface area contributed by atoms with E-state index >= 15 is 0 Å². The summed E-state index contributed by atoms with van der Waals surface area (Å²) in [5.41, 5.74) is 2.52. The summed E-state index contributed by atoms with van der Waals surface area (Å²) in [4.78, 5) is 29.2. The second kappa shape index (κ2) is 14.0. The number of carbonyl (C=O) groups is 2. The standard InChI is InChI=1S/C30H35Cl2N3O4S/c1-5-22(3)33-30(37)28(18-23-10-7-6-8-11-23)34(19-24-12-9-13-25(31)17-24)29(36)20-35(40(4,38)39)27-15-14-26(32)16-21(27)2/h6-17,22,28H,5,18-20H2,1-4H3,(H,33,37)/t22-,28+/m0/s1. The molecule has 0 spiro atoms. The lowest BCUT2D eigenvalue weighted by Crippen LogP contribution is -2.54. The van der Waals surface area contributed by atoms with Crippen molar-refractivity contribution < 1.29 is 18.0 Å². The lowest BCUT2D eigenvalue weighted by Gasteiger charge is -2.34. The van der Waals surface area contributed by atoms with E-state index in [1.165, 1.54) is 4.90 Å². The number of hydrogen-bond donors (Lipinski definition) is 1. The van der Waals surface area contributed by atoms with Crippen LogP contribution in [-0.2, 0) is 32.6 Å². The van der Waals surface area contributed by atoms with Gasteiger partial charge < -0.3 is 10.2 Å². The third-order valence-corrected chi connectivity index (χ3v) is 8.22. The molecular weight excluding hydrogens is 569 g/mol. The lowest BCUT2D eigenvalue weighted by molar-refractivity contribution is -0.140. The highest BCUT2D eigenvalue weighted by atomic mass is 35.5. The highest BCUT2D eigenvalue weighted by Crippen LogP contribution is 2.26. The first-order chi connectivity index (χ1) is 18.9. The summed E-state index contributed by atoms with van der Waals surface area (Å²) in [6, 6.07) is 20.2. The zero-order valence-electron chi connectivity index (χ0n) is 23.1. The molecule has 3 aromatic rings. The van der Waals surface area contributed by atoms with Gasteiger partial charge in [0.1, 0.15) is 12.6 Å². The van der Waals surface area contributed by atoms with Gasteiger partial charge in [-0.15, -0.1) is 0 Å². The van der Waals surface area contributed by atoms with Crippen LogP contribution >= 0.6 is 23.2 Å². The first kappa shape index (κ1) is 31.5. The number of rotatable bonds is 12. The Balaban J connectivity index is 2.08. The number of aryl methyl sites for hydroxylation is 1. The maximum atomic E-state index is 14.1. The molecule has 40 heavy (non-hydrogen) atoms. The maximum absolute atomic E-state index is 14.1. The molecule has 0 radical (unpaired) electrons. The fourth-order valence-corrected chi connectivity index (χ4v) is 5.67. The number of benzene rings is 3. The van der Waals surface area contributed by atoms with Crippen molar-refractivity contribution in [1.82, 2.24) is 10.2 Å².